The van der Waals surface area contributed by atoms with E-state index in [4.69, 9.17) is 10.5 Å². The van der Waals surface area contributed by atoms with Gasteiger partial charge >= 0.3 is 0 Å². The minimum atomic E-state index is -1.15. The first-order chi connectivity index (χ1) is 18.5. The first-order valence-electron chi connectivity index (χ1n) is 12.0. The Labute approximate surface area is 229 Å². The molecule has 1 aliphatic heterocycles. The molecule has 3 rings (SSSR count). The van der Waals surface area contributed by atoms with Crippen molar-refractivity contribution in [3.05, 3.63) is 83.6 Å². The SMILES string of the molecule is C=C(N)C(=O)N=C(C)C(=O)NCCC[C@@]1(c2ccccc2)SC(c2cc(F)ccc2F)=NN1C(=O)[C@H](C)OC. The maximum absolute atomic E-state index is 14.8. The molecule has 0 aromatic heterocycles. The van der Waals surface area contributed by atoms with Crippen LogP contribution < -0.4 is 11.1 Å². The third kappa shape index (κ3) is 6.76. The fraction of sp³-hybridized carbons (Fsp3) is 0.296. The molecule has 3 amide bonds. The van der Waals surface area contributed by atoms with Gasteiger partial charge in [-0.1, -0.05) is 48.7 Å². The van der Waals surface area contributed by atoms with Crippen LogP contribution in [0.3, 0.4) is 0 Å². The van der Waals surface area contributed by atoms with Crippen molar-refractivity contribution in [3.8, 4) is 0 Å². The number of carbonyl (C=O) groups is 3. The first-order valence-corrected chi connectivity index (χ1v) is 12.8. The second kappa shape index (κ2) is 12.8. The van der Waals surface area contributed by atoms with Gasteiger partial charge in [0.25, 0.3) is 17.7 Å². The van der Waals surface area contributed by atoms with Crippen molar-refractivity contribution in [2.75, 3.05) is 13.7 Å². The lowest BCUT2D eigenvalue weighted by atomic mass is 9.99. The number of halogens is 2. The highest BCUT2D eigenvalue weighted by molar-refractivity contribution is 8.15. The number of nitrogens with zero attached hydrogens (tertiary/aromatic N) is 3. The second-order valence-corrected chi connectivity index (χ2v) is 9.96. The van der Waals surface area contributed by atoms with Gasteiger partial charge in [-0.25, -0.2) is 18.8 Å². The third-order valence-electron chi connectivity index (χ3n) is 5.94. The summed E-state index contributed by atoms with van der Waals surface area (Å²) in [5.41, 5.74) is 5.55. The molecular weight excluding hydrogens is 528 g/mol. The van der Waals surface area contributed by atoms with Crippen molar-refractivity contribution in [3.63, 3.8) is 0 Å². The van der Waals surface area contributed by atoms with Crippen molar-refractivity contribution in [1.82, 2.24) is 10.3 Å². The number of hydrogen-bond acceptors (Lipinski definition) is 7. The Bertz CT molecular complexity index is 1330. The Balaban J connectivity index is 1.93. The van der Waals surface area contributed by atoms with Crippen LogP contribution in [0.5, 0.6) is 0 Å². The molecule has 0 radical (unpaired) electrons. The molecule has 0 bridgehead atoms. The number of hydrazone groups is 1. The number of rotatable bonds is 10. The molecule has 206 valence electrons. The lowest BCUT2D eigenvalue weighted by Crippen LogP contribution is -2.46. The van der Waals surface area contributed by atoms with Gasteiger partial charge in [-0.15, -0.1) is 0 Å². The number of hydrogen-bond donors (Lipinski definition) is 2. The van der Waals surface area contributed by atoms with Crippen LogP contribution in [-0.4, -0.2) is 53.2 Å². The average molecular weight is 558 g/mol. The summed E-state index contributed by atoms with van der Waals surface area (Å²) in [5.74, 6) is -3.18. The summed E-state index contributed by atoms with van der Waals surface area (Å²) in [6, 6.07) is 12.1. The van der Waals surface area contributed by atoms with Crippen LogP contribution in [0.1, 0.15) is 37.8 Å². The number of amides is 3. The third-order valence-corrected chi connectivity index (χ3v) is 7.39. The Morgan fingerprint density at radius 3 is 2.56 bits per heavy atom. The number of methoxy groups -OCH3 is 1. The van der Waals surface area contributed by atoms with Gasteiger partial charge in [0.1, 0.15) is 33.4 Å². The standard InChI is InChI=1S/C27H29F2N5O4S/c1-16(30)23(35)32-17(2)24(36)31-14-8-13-27(19-9-6-5-7-10-19)34(26(37)18(3)38-4)33-25(39-27)21-15-20(28)11-12-22(21)29/h5-7,9-12,15,18H,1,8,13-14,30H2,2-4H3,(H,31,36)/t18-,27-/m0/s1. The molecule has 2 atom stereocenters. The molecular formula is C27H29F2N5O4S. The normalized spacial score (nSPS) is 17.9. The van der Waals surface area contributed by atoms with Crippen LogP contribution in [0.4, 0.5) is 8.78 Å². The summed E-state index contributed by atoms with van der Waals surface area (Å²) in [7, 11) is 1.39. The molecule has 0 fully saturated rings. The van der Waals surface area contributed by atoms with Gasteiger partial charge < -0.3 is 15.8 Å². The summed E-state index contributed by atoms with van der Waals surface area (Å²) < 4.78 is 34.1. The van der Waals surface area contributed by atoms with Crippen molar-refractivity contribution >= 4 is 40.2 Å². The lowest BCUT2D eigenvalue weighted by Gasteiger charge is -2.37. The number of aliphatic imine (C=N–C) groups is 1. The fourth-order valence-corrected chi connectivity index (χ4v) is 5.21. The van der Waals surface area contributed by atoms with Gasteiger partial charge in [0.05, 0.1) is 5.70 Å². The average Bonchev–Trinajstić information content (AvgIpc) is 3.32. The highest BCUT2D eigenvalue weighted by Crippen LogP contribution is 2.50. The van der Waals surface area contributed by atoms with E-state index in [0.29, 0.717) is 12.0 Å². The largest absolute Gasteiger partial charge is 0.395 e. The summed E-state index contributed by atoms with van der Waals surface area (Å²) >= 11 is 1.12. The van der Waals surface area contributed by atoms with Gasteiger partial charge in [-0.3, -0.25) is 14.4 Å². The van der Waals surface area contributed by atoms with E-state index in [1.54, 1.807) is 19.1 Å². The van der Waals surface area contributed by atoms with E-state index in [0.717, 1.165) is 30.0 Å². The topological polar surface area (TPSA) is 126 Å². The molecule has 0 spiro atoms. The molecule has 0 unspecified atom stereocenters. The molecule has 2 aromatic carbocycles. The zero-order valence-corrected chi connectivity index (χ0v) is 22.6. The van der Waals surface area contributed by atoms with Crippen molar-refractivity contribution in [1.29, 1.82) is 0 Å². The minimum Gasteiger partial charge on any atom is -0.395 e. The number of nitrogens with two attached hydrogens (primary N) is 1. The predicted molar refractivity (Wildman–Crippen MR) is 146 cm³/mol. The first kappa shape index (κ1) is 29.7. The summed E-state index contributed by atoms with van der Waals surface area (Å²) in [5, 5.41) is 8.52. The van der Waals surface area contributed by atoms with Gasteiger partial charge in [-0.2, -0.15) is 5.10 Å². The summed E-state index contributed by atoms with van der Waals surface area (Å²) in [4.78, 5) is 39.9. The number of thioether (sulfide) groups is 1. The van der Waals surface area contributed by atoms with Crippen LogP contribution in [-0.2, 0) is 24.0 Å². The number of nitrogens with one attached hydrogen (secondary N) is 1. The Morgan fingerprint density at radius 2 is 1.92 bits per heavy atom. The number of carbonyl (C=O) groups excluding carboxylic acids is 3. The molecule has 3 N–H and O–H groups in total. The number of ether oxygens (including phenoxy) is 1. The van der Waals surface area contributed by atoms with Crippen LogP contribution in [0.15, 0.2) is 70.9 Å². The molecule has 1 aliphatic rings. The smallest absolute Gasteiger partial charge is 0.292 e. The van der Waals surface area contributed by atoms with E-state index in [2.05, 4.69) is 22.0 Å². The van der Waals surface area contributed by atoms with Crippen LogP contribution in [0.25, 0.3) is 0 Å². The van der Waals surface area contributed by atoms with E-state index in [1.807, 2.05) is 18.2 Å². The van der Waals surface area contributed by atoms with E-state index < -0.39 is 40.3 Å². The van der Waals surface area contributed by atoms with Crippen LogP contribution >= 0.6 is 11.8 Å². The zero-order valence-electron chi connectivity index (χ0n) is 21.7. The molecule has 39 heavy (non-hydrogen) atoms. The van der Waals surface area contributed by atoms with Gasteiger partial charge in [0.2, 0.25) is 0 Å². The molecule has 0 saturated carbocycles. The maximum Gasteiger partial charge on any atom is 0.292 e. The highest BCUT2D eigenvalue weighted by Gasteiger charge is 2.49. The van der Waals surface area contributed by atoms with Gasteiger partial charge in [0, 0.05) is 19.2 Å². The number of benzene rings is 2. The fourth-order valence-electron chi connectivity index (χ4n) is 3.78. The second-order valence-electron chi connectivity index (χ2n) is 8.70. The molecule has 0 aliphatic carbocycles. The van der Waals surface area contributed by atoms with Gasteiger partial charge in [-0.05, 0) is 50.5 Å². The minimum absolute atomic E-state index is 0.0769. The zero-order chi connectivity index (χ0) is 28.7. The van der Waals surface area contributed by atoms with Crippen LogP contribution in [0.2, 0.25) is 0 Å². The summed E-state index contributed by atoms with van der Waals surface area (Å²) in [6.07, 6.45) is -0.261. The quantitative estimate of drug-likeness (QED) is 0.262. The molecule has 0 saturated heterocycles. The van der Waals surface area contributed by atoms with Crippen LogP contribution in [0, 0.1) is 11.6 Å². The Hall–Kier alpha value is -3.90. The maximum atomic E-state index is 14.8. The van der Waals surface area contributed by atoms with Crippen molar-refractivity contribution < 1.29 is 27.9 Å². The molecule has 9 nitrogen and oxygen atoms in total. The Morgan fingerprint density at radius 1 is 1.23 bits per heavy atom. The van der Waals surface area contributed by atoms with E-state index >= 15 is 0 Å². The summed E-state index contributed by atoms with van der Waals surface area (Å²) in [6.45, 7) is 6.39. The van der Waals surface area contributed by atoms with Crippen molar-refractivity contribution in [2.24, 2.45) is 15.8 Å². The molecule has 1 heterocycles. The lowest BCUT2D eigenvalue weighted by molar-refractivity contribution is -0.144. The van der Waals surface area contributed by atoms with Gasteiger partial charge in [0.15, 0.2) is 0 Å². The molecule has 12 heteroatoms. The van der Waals surface area contributed by atoms with E-state index in [9.17, 15) is 23.2 Å². The monoisotopic (exact) mass is 557 g/mol. The van der Waals surface area contributed by atoms with E-state index in [1.165, 1.54) is 19.0 Å². The van der Waals surface area contributed by atoms with E-state index in [-0.39, 0.29) is 35.0 Å². The molecule has 2 aromatic rings. The predicted octanol–water partition coefficient (Wildman–Crippen LogP) is 3.45. The highest BCUT2D eigenvalue weighted by atomic mass is 32.2. The van der Waals surface area contributed by atoms with Crippen molar-refractivity contribution in [2.45, 2.75) is 37.7 Å². The Kier molecular flexibility index (Phi) is 9.71.